The molecular formula is C19H21N3O7S. The van der Waals surface area contributed by atoms with Crippen LogP contribution >= 0.6 is 0 Å². The summed E-state index contributed by atoms with van der Waals surface area (Å²) in [5.41, 5.74) is 0.631. The number of carbonyl (C=O) groups excluding carboxylic acids is 2. The van der Waals surface area contributed by atoms with Crippen molar-refractivity contribution in [1.29, 1.82) is 0 Å². The van der Waals surface area contributed by atoms with Crippen LogP contribution in [0.3, 0.4) is 0 Å². The van der Waals surface area contributed by atoms with Crippen molar-refractivity contribution in [3.8, 4) is 11.5 Å². The van der Waals surface area contributed by atoms with Crippen LogP contribution in [0.1, 0.15) is 6.92 Å². The number of nitrogens with zero attached hydrogens (tertiary/aromatic N) is 2. The standard InChI is InChI=1S/C19H21N3O7S/c1-12(18(23)20-14-5-6-15(27-2)16(10-14)28-3)29-19(24)13-4-7-17-21-30(25,26)9-8-22(17)11-13/h4-7,10-12H,8-9H2,1-3H3,(H,20,23). The Labute approximate surface area is 173 Å². The molecule has 0 fully saturated rings. The van der Waals surface area contributed by atoms with Crippen LogP contribution in [0.15, 0.2) is 46.5 Å². The molecule has 1 aromatic rings. The summed E-state index contributed by atoms with van der Waals surface area (Å²) in [4.78, 5) is 26.3. The maximum Gasteiger partial charge on any atom is 0.340 e. The minimum Gasteiger partial charge on any atom is -0.493 e. The Balaban J connectivity index is 1.63. The Hall–Kier alpha value is -3.34. The van der Waals surface area contributed by atoms with Crippen molar-refractivity contribution in [2.24, 2.45) is 4.40 Å². The molecule has 2 aliphatic heterocycles. The zero-order valence-corrected chi connectivity index (χ0v) is 17.4. The summed E-state index contributed by atoms with van der Waals surface area (Å²) in [5, 5.41) is 2.64. The number of fused-ring (bicyclic) bond motifs is 1. The molecule has 30 heavy (non-hydrogen) atoms. The summed E-state index contributed by atoms with van der Waals surface area (Å²) in [7, 11) is -0.498. The number of nitrogens with one attached hydrogen (secondary N) is 1. The van der Waals surface area contributed by atoms with Crippen LogP contribution in [0, 0.1) is 0 Å². The van der Waals surface area contributed by atoms with Crippen molar-refractivity contribution >= 4 is 33.4 Å². The Morgan fingerprint density at radius 2 is 1.90 bits per heavy atom. The Kier molecular flexibility index (Phi) is 6.11. The van der Waals surface area contributed by atoms with Crippen molar-refractivity contribution in [2.75, 3.05) is 31.8 Å². The van der Waals surface area contributed by atoms with Crippen LogP contribution in [0.4, 0.5) is 5.69 Å². The van der Waals surface area contributed by atoms with Gasteiger partial charge in [-0.15, -0.1) is 4.40 Å². The predicted octanol–water partition coefficient (Wildman–Crippen LogP) is 1.07. The van der Waals surface area contributed by atoms with Gasteiger partial charge < -0.3 is 24.4 Å². The molecule has 0 aliphatic carbocycles. The fraction of sp³-hybridized carbons (Fsp3) is 0.316. The first-order chi connectivity index (χ1) is 14.2. The first-order valence-corrected chi connectivity index (χ1v) is 10.6. The first kappa shape index (κ1) is 21.4. The minimum atomic E-state index is -3.48. The van der Waals surface area contributed by atoms with Gasteiger partial charge in [-0.25, -0.2) is 13.2 Å². The van der Waals surface area contributed by atoms with Crippen LogP contribution in [-0.2, 0) is 24.3 Å². The number of methoxy groups -OCH3 is 2. The van der Waals surface area contributed by atoms with Gasteiger partial charge in [-0.1, -0.05) is 0 Å². The number of benzene rings is 1. The molecule has 1 N–H and O–H groups in total. The molecule has 10 nitrogen and oxygen atoms in total. The van der Waals surface area contributed by atoms with Gasteiger partial charge in [0.1, 0.15) is 5.84 Å². The topological polar surface area (TPSA) is 124 Å². The first-order valence-electron chi connectivity index (χ1n) is 8.95. The van der Waals surface area contributed by atoms with Gasteiger partial charge in [-0.2, -0.15) is 0 Å². The molecule has 2 heterocycles. The van der Waals surface area contributed by atoms with Crippen molar-refractivity contribution in [3.05, 3.63) is 42.1 Å². The minimum absolute atomic E-state index is 0.146. The second-order valence-corrected chi connectivity index (χ2v) is 8.21. The summed E-state index contributed by atoms with van der Waals surface area (Å²) in [6.45, 7) is 1.62. The lowest BCUT2D eigenvalue weighted by Gasteiger charge is -2.27. The molecule has 0 saturated heterocycles. The van der Waals surface area contributed by atoms with E-state index >= 15 is 0 Å². The largest absolute Gasteiger partial charge is 0.493 e. The van der Waals surface area contributed by atoms with Crippen LogP contribution in [0.5, 0.6) is 11.5 Å². The van der Waals surface area contributed by atoms with Gasteiger partial charge in [0.05, 0.1) is 25.5 Å². The third-order valence-corrected chi connectivity index (χ3v) is 5.53. The van der Waals surface area contributed by atoms with Crippen molar-refractivity contribution in [2.45, 2.75) is 13.0 Å². The fourth-order valence-electron chi connectivity index (χ4n) is 2.76. The Morgan fingerprint density at radius 3 is 2.60 bits per heavy atom. The lowest BCUT2D eigenvalue weighted by molar-refractivity contribution is -0.149. The summed E-state index contributed by atoms with van der Waals surface area (Å²) >= 11 is 0. The summed E-state index contributed by atoms with van der Waals surface area (Å²) in [6.07, 6.45) is 3.20. The number of anilines is 1. The smallest absolute Gasteiger partial charge is 0.340 e. The number of ether oxygens (including phenoxy) is 3. The average Bonchev–Trinajstić information content (AvgIpc) is 2.72. The number of rotatable bonds is 6. The highest BCUT2D eigenvalue weighted by Gasteiger charge is 2.27. The zero-order valence-electron chi connectivity index (χ0n) is 16.6. The van der Waals surface area contributed by atoms with E-state index in [1.54, 1.807) is 23.1 Å². The van der Waals surface area contributed by atoms with E-state index in [9.17, 15) is 18.0 Å². The number of hydrogen-bond donors (Lipinski definition) is 1. The van der Waals surface area contributed by atoms with Crippen molar-refractivity contribution in [1.82, 2.24) is 4.90 Å². The molecule has 0 aromatic heterocycles. The van der Waals surface area contributed by atoms with Gasteiger partial charge in [-0.3, -0.25) is 4.79 Å². The van der Waals surface area contributed by atoms with E-state index in [1.807, 2.05) is 0 Å². The maximum atomic E-state index is 12.4. The van der Waals surface area contributed by atoms with Gasteiger partial charge in [0.2, 0.25) is 0 Å². The molecule has 1 aromatic carbocycles. The van der Waals surface area contributed by atoms with E-state index in [0.717, 1.165) is 0 Å². The SMILES string of the molecule is COc1ccc(NC(=O)C(C)OC(=O)C2=CN3CCS(=O)(=O)N=C3C=C2)cc1OC. The third kappa shape index (κ3) is 4.79. The van der Waals surface area contributed by atoms with Gasteiger partial charge in [0.15, 0.2) is 17.6 Å². The van der Waals surface area contributed by atoms with Crippen LogP contribution in [-0.4, -0.2) is 63.7 Å². The number of amidine groups is 1. The van der Waals surface area contributed by atoms with Gasteiger partial charge in [0.25, 0.3) is 15.9 Å². The molecule has 0 bridgehead atoms. The number of carbonyl (C=O) groups is 2. The van der Waals surface area contributed by atoms with Crippen LogP contribution in [0.25, 0.3) is 0 Å². The molecule has 160 valence electrons. The highest BCUT2D eigenvalue weighted by molar-refractivity contribution is 7.90. The molecular weight excluding hydrogens is 414 g/mol. The van der Waals surface area contributed by atoms with Crippen molar-refractivity contribution < 1.29 is 32.2 Å². The monoisotopic (exact) mass is 435 g/mol. The van der Waals surface area contributed by atoms with E-state index in [2.05, 4.69) is 9.71 Å². The number of esters is 1. The number of amides is 1. The number of hydrogen-bond acceptors (Lipinski definition) is 8. The summed E-state index contributed by atoms with van der Waals surface area (Å²) in [6, 6.07) is 4.86. The number of sulfonamides is 1. The van der Waals surface area contributed by atoms with E-state index in [0.29, 0.717) is 17.2 Å². The van der Waals surface area contributed by atoms with Crippen LogP contribution < -0.4 is 14.8 Å². The Bertz CT molecular complexity index is 1060. The van der Waals surface area contributed by atoms with Crippen LogP contribution in [0.2, 0.25) is 0 Å². The van der Waals surface area contributed by atoms with E-state index in [1.165, 1.54) is 39.5 Å². The predicted molar refractivity (Wildman–Crippen MR) is 109 cm³/mol. The highest BCUT2D eigenvalue weighted by Crippen LogP contribution is 2.29. The average molecular weight is 435 g/mol. The molecule has 0 saturated carbocycles. The quantitative estimate of drug-likeness (QED) is 0.658. The second kappa shape index (κ2) is 8.57. The summed E-state index contributed by atoms with van der Waals surface area (Å²) < 4.78 is 42.3. The zero-order chi connectivity index (χ0) is 21.9. The van der Waals surface area contributed by atoms with Crippen molar-refractivity contribution in [3.63, 3.8) is 0 Å². The molecule has 0 spiro atoms. The van der Waals surface area contributed by atoms with E-state index in [4.69, 9.17) is 14.2 Å². The third-order valence-electron chi connectivity index (χ3n) is 4.36. The van der Waals surface area contributed by atoms with Gasteiger partial charge in [0, 0.05) is 24.5 Å². The van der Waals surface area contributed by atoms with Gasteiger partial charge >= 0.3 is 5.97 Å². The van der Waals surface area contributed by atoms with Gasteiger partial charge in [-0.05, 0) is 31.2 Å². The molecule has 11 heteroatoms. The molecule has 1 atom stereocenters. The molecule has 1 unspecified atom stereocenters. The normalized spacial score (nSPS) is 17.8. The molecule has 2 aliphatic rings. The highest BCUT2D eigenvalue weighted by atomic mass is 32.2. The van der Waals surface area contributed by atoms with E-state index in [-0.39, 0.29) is 23.7 Å². The Morgan fingerprint density at radius 1 is 1.17 bits per heavy atom. The summed E-state index contributed by atoms with van der Waals surface area (Å²) in [5.74, 6) is -0.196. The fourth-order valence-corrected chi connectivity index (χ4v) is 3.73. The lowest BCUT2D eigenvalue weighted by Crippen LogP contribution is -2.37. The molecule has 0 radical (unpaired) electrons. The lowest BCUT2D eigenvalue weighted by atomic mass is 10.2. The molecule has 3 rings (SSSR count). The molecule has 1 amide bonds. The maximum absolute atomic E-state index is 12.4. The van der Waals surface area contributed by atoms with E-state index < -0.39 is 28.0 Å². The second-order valence-electron chi connectivity index (χ2n) is 6.45.